The van der Waals surface area contributed by atoms with E-state index in [1.165, 1.54) is 6.20 Å². The van der Waals surface area contributed by atoms with Crippen LogP contribution >= 0.6 is 0 Å². The van der Waals surface area contributed by atoms with Crippen LogP contribution in [0.15, 0.2) is 30.6 Å². The number of rotatable bonds is 3. The van der Waals surface area contributed by atoms with Crippen molar-refractivity contribution in [3.8, 4) is 23.1 Å². The molecule has 1 aliphatic rings. The van der Waals surface area contributed by atoms with Crippen LogP contribution in [0.2, 0.25) is 0 Å². The number of benzene rings is 1. The minimum atomic E-state index is -1.14. The third-order valence-electron chi connectivity index (χ3n) is 2.41. The van der Waals surface area contributed by atoms with Crippen molar-refractivity contribution in [2.45, 2.75) is 0 Å². The highest BCUT2D eigenvalue weighted by molar-refractivity contribution is 5.84. The van der Waals surface area contributed by atoms with Crippen molar-refractivity contribution in [2.24, 2.45) is 0 Å². The summed E-state index contributed by atoms with van der Waals surface area (Å²) in [4.78, 5) is 18.2. The summed E-state index contributed by atoms with van der Waals surface area (Å²) in [6.07, 6.45) is 2.37. The smallest absolute Gasteiger partial charge is 0.356 e. The monoisotopic (exact) mass is 260 g/mol. The zero-order valence-electron chi connectivity index (χ0n) is 9.57. The van der Waals surface area contributed by atoms with E-state index in [1.54, 1.807) is 18.2 Å². The number of ether oxygens (including phenoxy) is 3. The molecule has 19 heavy (non-hydrogen) atoms. The zero-order valence-corrected chi connectivity index (χ0v) is 9.57. The Morgan fingerprint density at radius 3 is 2.79 bits per heavy atom. The molecule has 7 heteroatoms. The fraction of sp³-hybridized carbons (Fsp3) is 0.0833. The van der Waals surface area contributed by atoms with Gasteiger partial charge < -0.3 is 19.3 Å². The minimum Gasteiger partial charge on any atom is -0.476 e. The number of hydrogen-bond donors (Lipinski definition) is 1. The van der Waals surface area contributed by atoms with Gasteiger partial charge in [0.2, 0.25) is 12.7 Å². The van der Waals surface area contributed by atoms with Gasteiger partial charge in [0.05, 0.1) is 12.4 Å². The Balaban J connectivity index is 1.79. The lowest BCUT2D eigenvalue weighted by atomic mass is 10.3. The first-order valence-corrected chi connectivity index (χ1v) is 5.35. The van der Waals surface area contributed by atoms with Crippen LogP contribution in [0.5, 0.6) is 23.1 Å². The van der Waals surface area contributed by atoms with Crippen LogP contribution in [0.25, 0.3) is 0 Å². The van der Waals surface area contributed by atoms with Gasteiger partial charge in [-0.25, -0.2) is 14.8 Å². The molecule has 0 bridgehead atoms. The maximum atomic E-state index is 10.6. The molecular weight excluding hydrogens is 252 g/mol. The minimum absolute atomic E-state index is 0.141. The van der Waals surface area contributed by atoms with Gasteiger partial charge in [0.1, 0.15) is 5.75 Å². The first-order valence-electron chi connectivity index (χ1n) is 5.35. The SMILES string of the molecule is O=C(O)c1cnc(Oc2ccc3c(c2)OCO3)cn1. The molecule has 1 aliphatic heterocycles. The lowest BCUT2D eigenvalue weighted by Gasteiger charge is -2.05. The Bertz CT molecular complexity index is 627. The molecule has 0 atom stereocenters. The first kappa shape index (κ1) is 11.3. The van der Waals surface area contributed by atoms with Crippen LogP contribution < -0.4 is 14.2 Å². The summed E-state index contributed by atoms with van der Waals surface area (Å²) in [5.41, 5.74) is -0.141. The number of aromatic carboxylic acids is 1. The van der Waals surface area contributed by atoms with Crippen LogP contribution in [0.3, 0.4) is 0 Å². The molecule has 0 aliphatic carbocycles. The number of carboxylic acids is 1. The molecule has 0 saturated carbocycles. The van der Waals surface area contributed by atoms with Crippen molar-refractivity contribution in [3.63, 3.8) is 0 Å². The predicted molar refractivity (Wildman–Crippen MR) is 61.6 cm³/mol. The van der Waals surface area contributed by atoms with Crippen molar-refractivity contribution in [1.82, 2.24) is 9.97 Å². The van der Waals surface area contributed by atoms with Crippen molar-refractivity contribution < 1.29 is 24.1 Å². The quantitative estimate of drug-likeness (QED) is 0.897. The van der Waals surface area contributed by atoms with Gasteiger partial charge in [0, 0.05) is 6.07 Å². The fourth-order valence-electron chi connectivity index (χ4n) is 1.54. The Morgan fingerprint density at radius 1 is 1.21 bits per heavy atom. The highest BCUT2D eigenvalue weighted by Gasteiger charge is 2.14. The third-order valence-corrected chi connectivity index (χ3v) is 2.41. The zero-order chi connectivity index (χ0) is 13.2. The van der Waals surface area contributed by atoms with Gasteiger partial charge in [-0.2, -0.15) is 0 Å². The highest BCUT2D eigenvalue weighted by atomic mass is 16.7. The summed E-state index contributed by atoms with van der Waals surface area (Å²) < 4.78 is 15.8. The Kier molecular flexibility index (Phi) is 2.64. The molecule has 1 aromatic heterocycles. The standard InChI is InChI=1S/C12H8N2O5/c15-12(16)8-4-14-11(5-13-8)19-7-1-2-9-10(3-7)18-6-17-9/h1-5H,6H2,(H,15,16). The second-order valence-corrected chi connectivity index (χ2v) is 3.66. The largest absolute Gasteiger partial charge is 0.476 e. The van der Waals surface area contributed by atoms with E-state index in [9.17, 15) is 4.79 Å². The van der Waals surface area contributed by atoms with Crippen molar-refractivity contribution >= 4 is 5.97 Å². The van der Waals surface area contributed by atoms with Crippen LogP contribution in [-0.2, 0) is 0 Å². The fourth-order valence-corrected chi connectivity index (χ4v) is 1.54. The molecule has 1 N–H and O–H groups in total. The second-order valence-electron chi connectivity index (χ2n) is 3.66. The van der Waals surface area contributed by atoms with Crippen LogP contribution in [0, 0.1) is 0 Å². The van der Waals surface area contributed by atoms with E-state index in [4.69, 9.17) is 19.3 Å². The van der Waals surface area contributed by atoms with E-state index >= 15 is 0 Å². The van der Waals surface area contributed by atoms with Crippen molar-refractivity contribution in [3.05, 3.63) is 36.3 Å². The number of nitrogens with zero attached hydrogens (tertiary/aromatic N) is 2. The lowest BCUT2D eigenvalue weighted by Crippen LogP contribution is -2.01. The molecular formula is C12H8N2O5. The van der Waals surface area contributed by atoms with Crippen LogP contribution in [-0.4, -0.2) is 27.8 Å². The second kappa shape index (κ2) is 4.45. The molecule has 3 rings (SSSR count). The highest BCUT2D eigenvalue weighted by Crippen LogP contribution is 2.36. The van der Waals surface area contributed by atoms with Crippen molar-refractivity contribution in [1.29, 1.82) is 0 Å². The van der Waals surface area contributed by atoms with E-state index < -0.39 is 5.97 Å². The molecule has 0 saturated heterocycles. The maximum Gasteiger partial charge on any atom is 0.356 e. The maximum absolute atomic E-state index is 10.6. The van der Waals surface area contributed by atoms with Gasteiger partial charge >= 0.3 is 5.97 Å². The molecule has 2 heterocycles. The topological polar surface area (TPSA) is 90.8 Å². The summed E-state index contributed by atoms with van der Waals surface area (Å²) in [7, 11) is 0. The van der Waals surface area contributed by atoms with Gasteiger partial charge in [-0.05, 0) is 12.1 Å². The summed E-state index contributed by atoms with van der Waals surface area (Å²) >= 11 is 0. The summed E-state index contributed by atoms with van der Waals surface area (Å²) in [6.45, 7) is 0.186. The Hall–Kier alpha value is -2.83. The van der Waals surface area contributed by atoms with Crippen LogP contribution in [0.4, 0.5) is 0 Å². The molecule has 0 fully saturated rings. The lowest BCUT2D eigenvalue weighted by molar-refractivity contribution is 0.0690. The van der Waals surface area contributed by atoms with Crippen molar-refractivity contribution in [2.75, 3.05) is 6.79 Å². The van der Waals surface area contributed by atoms with E-state index in [1.807, 2.05) is 0 Å². The van der Waals surface area contributed by atoms with E-state index in [2.05, 4.69) is 9.97 Å². The van der Waals surface area contributed by atoms with E-state index in [0.29, 0.717) is 17.2 Å². The van der Waals surface area contributed by atoms with Crippen LogP contribution in [0.1, 0.15) is 10.5 Å². The third kappa shape index (κ3) is 2.25. The number of hydrogen-bond acceptors (Lipinski definition) is 6. The van der Waals surface area contributed by atoms with Gasteiger partial charge in [0.15, 0.2) is 17.2 Å². The number of carboxylic acid groups (broad SMARTS) is 1. The number of fused-ring (bicyclic) bond motifs is 1. The number of carbonyl (C=O) groups is 1. The Morgan fingerprint density at radius 2 is 2.05 bits per heavy atom. The van der Waals surface area contributed by atoms with Gasteiger partial charge in [0.25, 0.3) is 0 Å². The molecule has 1 aromatic carbocycles. The van der Waals surface area contributed by atoms with Gasteiger partial charge in [-0.1, -0.05) is 0 Å². The number of aromatic nitrogens is 2. The average Bonchev–Trinajstić information content (AvgIpc) is 2.87. The Labute approximate surface area is 107 Å². The van der Waals surface area contributed by atoms with E-state index in [0.717, 1.165) is 6.20 Å². The average molecular weight is 260 g/mol. The molecule has 7 nitrogen and oxygen atoms in total. The predicted octanol–water partition coefficient (Wildman–Crippen LogP) is 1.70. The van der Waals surface area contributed by atoms with Gasteiger partial charge in [-0.15, -0.1) is 0 Å². The molecule has 96 valence electrons. The molecule has 0 radical (unpaired) electrons. The summed E-state index contributed by atoms with van der Waals surface area (Å²) in [6, 6.07) is 5.08. The first-order chi connectivity index (χ1) is 9.22. The molecule has 0 unspecified atom stereocenters. The summed E-state index contributed by atoms with van der Waals surface area (Å²) in [5, 5.41) is 8.70. The van der Waals surface area contributed by atoms with E-state index in [-0.39, 0.29) is 18.4 Å². The normalized spacial score (nSPS) is 12.2. The molecule has 2 aromatic rings. The summed E-state index contributed by atoms with van der Waals surface area (Å²) in [5.74, 6) is 0.805. The molecule has 0 spiro atoms. The molecule has 0 amide bonds. The van der Waals surface area contributed by atoms with Gasteiger partial charge in [-0.3, -0.25) is 0 Å².